The van der Waals surface area contributed by atoms with E-state index < -0.39 is 17.7 Å². The van der Waals surface area contributed by atoms with Gasteiger partial charge >= 0.3 is 12.1 Å². The van der Waals surface area contributed by atoms with Crippen LogP contribution in [0.3, 0.4) is 0 Å². The van der Waals surface area contributed by atoms with Crippen molar-refractivity contribution in [3.8, 4) is 11.1 Å². The second kappa shape index (κ2) is 6.23. The Bertz CT molecular complexity index is 719. The predicted molar refractivity (Wildman–Crippen MR) is 78.6 cm³/mol. The number of hydrogen-bond acceptors (Lipinski definition) is 1. The number of carboxylic acids is 1. The molecule has 114 valence electrons. The smallest absolute Gasteiger partial charge is 0.416 e. The lowest BCUT2D eigenvalue weighted by atomic mass is 10.0. The molecule has 6 heteroatoms. The maximum atomic E-state index is 12.6. The SMILES string of the molecule is O=C(O)/C=C/c1cccc(-c2ccc(C(F)(F)F)cc2)c1Cl. The van der Waals surface area contributed by atoms with Crippen molar-refractivity contribution in [1.29, 1.82) is 0 Å². The average molecular weight is 327 g/mol. The summed E-state index contributed by atoms with van der Waals surface area (Å²) in [5.41, 5.74) is 0.780. The molecule has 2 aromatic carbocycles. The van der Waals surface area contributed by atoms with Gasteiger partial charge in [-0.2, -0.15) is 13.2 Å². The molecule has 0 spiro atoms. The van der Waals surface area contributed by atoms with Crippen LogP contribution in [0.25, 0.3) is 17.2 Å². The number of benzene rings is 2. The van der Waals surface area contributed by atoms with Crippen LogP contribution < -0.4 is 0 Å². The summed E-state index contributed by atoms with van der Waals surface area (Å²) < 4.78 is 37.7. The highest BCUT2D eigenvalue weighted by atomic mass is 35.5. The Hall–Kier alpha value is -2.27. The van der Waals surface area contributed by atoms with Gasteiger partial charge in [0.2, 0.25) is 0 Å². The second-order valence-corrected chi connectivity index (χ2v) is 4.83. The number of alkyl halides is 3. The van der Waals surface area contributed by atoms with Crippen molar-refractivity contribution >= 4 is 23.6 Å². The van der Waals surface area contributed by atoms with E-state index in [9.17, 15) is 18.0 Å². The fourth-order valence-corrected chi connectivity index (χ4v) is 2.20. The van der Waals surface area contributed by atoms with Crippen molar-refractivity contribution < 1.29 is 23.1 Å². The van der Waals surface area contributed by atoms with Crippen LogP contribution in [-0.2, 0) is 11.0 Å². The summed E-state index contributed by atoms with van der Waals surface area (Å²) >= 11 is 6.19. The molecule has 0 unspecified atom stereocenters. The Morgan fingerprint density at radius 1 is 1.09 bits per heavy atom. The molecule has 22 heavy (non-hydrogen) atoms. The number of aliphatic carboxylic acids is 1. The number of carbonyl (C=O) groups is 1. The zero-order valence-electron chi connectivity index (χ0n) is 11.1. The molecule has 0 saturated carbocycles. The summed E-state index contributed by atoms with van der Waals surface area (Å²) in [6, 6.07) is 9.54. The minimum absolute atomic E-state index is 0.278. The Morgan fingerprint density at radius 3 is 2.27 bits per heavy atom. The van der Waals surface area contributed by atoms with Crippen molar-refractivity contribution in [3.05, 3.63) is 64.7 Å². The van der Waals surface area contributed by atoms with Crippen molar-refractivity contribution in [3.63, 3.8) is 0 Å². The molecule has 0 aliphatic rings. The lowest BCUT2D eigenvalue weighted by Crippen LogP contribution is -2.04. The van der Waals surface area contributed by atoms with Gasteiger partial charge in [0, 0.05) is 11.6 Å². The molecule has 1 N–H and O–H groups in total. The molecule has 0 radical (unpaired) electrons. The molecular formula is C16H10ClF3O2. The van der Waals surface area contributed by atoms with E-state index in [-0.39, 0.29) is 5.02 Å². The molecule has 0 aromatic heterocycles. The van der Waals surface area contributed by atoms with Gasteiger partial charge in [0.1, 0.15) is 0 Å². The molecule has 0 saturated heterocycles. The van der Waals surface area contributed by atoms with Crippen LogP contribution in [0.4, 0.5) is 13.2 Å². The normalized spacial score (nSPS) is 11.8. The predicted octanol–water partition coefficient (Wildman–Crippen LogP) is 5.12. The van der Waals surface area contributed by atoms with E-state index in [1.54, 1.807) is 18.2 Å². The largest absolute Gasteiger partial charge is 0.478 e. The van der Waals surface area contributed by atoms with Gasteiger partial charge in [-0.1, -0.05) is 41.9 Å². The Kier molecular flexibility index (Phi) is 4.56. The Morgan fingerprint density at radius 2 is 1.73 bits per heavy atom. The molecule has 0 amide bonds. The van der Waals surface area contributed by atoms with E-state index in [4.69, 9.17) is 16.7 Å². The topological polar surface area (TPSA) is 37.3 Å². The maximum absolute atomic E-state index is 12.6. The van der Waals surface area contributed by atoms with Gasteiger partial charge in [0.15, 0.2) is 0 Å². The van der Waals surface area contributed by atoms with Crippen molar-refractivity contribution in [2.75, 3.05) is 0 Å². The van der Waals surface area contributed by atoms with Crippen LogP contribution in [0.2, 0.25) is 5.02 Å². The van der Waals surface area contributed by atoms with Gasteiger partial charge < -0.3 is 5.11 Å². The minimum Gasteiger partial charge on any atom is -0.478 e. The molecular weight excluding hydrogens is 317 g/mol. The summed E-state index contributed by atoms with van der Waals surface area (Å²) in [5, 5.41) is 8.90. The van der Waals surface area contributed by atoms with Crippen LogP contribution in [0.5, 0.6) is 0 Å². The average Bonchev–Trinajstić information content (AvgIpc) is 2.45. The molecule has 0 atom stereocenters. The van der Waals surface area contributed by atoms with Crippen LogP contribution >= 0.6 is 11.6 Å². The van der Waals surface area contributed by atoms with E-state index in [1.165, 1.54) is 18.2 Å². The monoisotopic (exact) mass is 326 g/mol. The summed E-state index contributed by atoms with van der Waals surface area (Å²) in [5.74, 6) is -1.11. The molecule has 0 heterocycles. The van der Waals surface area contributed by atoms with E-state index in [2.05, 4.69) is 0 Å². The highest BCUT2D eigenvalue weighted by Gasteiger charge is 2.30. The van der Waals surface area contributed by atoms with Crippen LogP contribution in [0, 0.1) is 0 Å². The third kappa shape index (κ3) is 3.68. The van der Waals surface area contributed by atoms with Crippen LogP contribution in [-0.4, -0.2) is 11.1 Å². The van der Waals surface area contributed by atoms with Crippen molar-refractivity contribution in [2.45, 2.75) is 6.18 Å². The lowest BCUT2D eigenvalue weighted by Gasteiger charge is -2.10. The van der Waals surface area contributed by atoms with Gasteiger partial charge in [-0.05, 0) is 29.3 Å². The van der Waals surface area contributed by atoms with Crippen molar-refractivity contribution in [1.82, 2.24) is 0 Å². The lowest BCUT2D eigenvalue weighted by molar-refractivity contribution is -0.137. The van der Waals surface area contributed by atoms with Gasteiger partial charge in [0.05, 0.1) is 10.6 Å². The second-order valence-electron chi connectivity index (χ2n) is 4.46. The van der Waals surface area contributed by atoms with Crippen LogP contribution in [0.1, 0.15) is 11.1 Å². The highest BCUT2D eigenvalue weighted by molar-refractivity contribution is 6.34. The van der Waals surface area contributed by atoms with Crippen LogP contribution in [0.15, 0.2) is 48.5 Å². The summed E-state index contributed by atoms with van der Waals surface area (Å²) in [6.07, 6.45) is -2.12. The fourth-order valence-electron chi connectivity index (χ4n) is 1.90. The first-order valence-electron chi connectivity index (χ1n) is 6.16. The summed E-state index contributed by atoms with van der Waals surface area (Å²) in [7, 11) is 0. The molecule has 0 fully saturated rings. The number of rotatable bonds is 3. The van der Waals surface area contributed by atoms with Gasteiger partial charge in [-0.25, -0.2) is 4.79 Å². The maximum Gasteiger partial charge on any atom is 0.416 e. The van der Waals surface area contributed by atoms with E-state index in [0.717, 1.165) is 18.2 Å². The molecule has 0 bridgehead atoms. The third-order valence-corrected chi connectivity index (χ3v) is 3.38. The van der Waals surface area contributed by atoms with Gasteiger partial charge in [-0.3, -0.25) is 0 Å². The molecule has 0 aliphatic heterocycles. The molecule has 2 nitrogen and oxygen atoms in total. The Balaban J connectivity index is 2.41. The zero-order valence-corrected chi connectivity index (χ0v) is 11.8. The van der Waals surface area contributed by atoms with Gasteiger partial charge in [-0.15, -0.1) is 0 Å². The third-order valence-electron chi connectivity index (χ3n) is 2.96. The first-order valence-corrected chi connectivity index (χ1v) is 6.54. The van der Waals surface area contributed by atoms with E-state index in [1.807, 2.05) is 0 Å². The van der Waals surface area contributed by atoms with E-state index >= 15 is 0 Å². The standard InChI is InChI=1S/C16H10ClF3O2/c17-15-11(6-9-14(21)22)2-1-3-13(15)10-4-7-12(8-5-10)16(18,19)20/h1-9H,(H,21,22)/b9-6+. The van der Waals surface area contributed by atoms with Gasteiger partial charge in [0.25, 0.3) is 0 Å². The highest BCUT2D eigenvalue weighted by Crippen LogP contribution is 2.34. The quantitative estimate of drug-likeness (QED) is 0.794. The molecule has 2 rings (SSSR count). The Labute approximate surface area is 129 Å². The molecule has 2 aromatic rings. The minimum atomic E-state index is -4.39. The fraction of sp³-hybridized carbons (Fsp3) is 0.0625. The van der Waals surface area contributed by atoms with E-state index in [0.29, 0.717) is 16.7 Å². The summed E-state index contributed by atoms with van der Waals surface area (Å²) in [4.78, 5) is 10.5. The summed E-state index contributed by atoms with van der Waals surface area (Å²) in [6.45, 7) is 0. The number of halogens is 4. The number of hydrogen-bond donors (Lipinski definition) is 1. The number of carboxylic acid groups (broad SMARTS) is 1. The van der Waals surface area contributed by atoms with Crippen molar-refractivity contribution in [2.24, 2.45) is 0 Å². The zero-order chi connectivity index (χ0) is 16.3. The first-order chi connectivity index (χ1) is 10.3. The first kappa shape index (κ1) is 16.1. The molecule has 0 aliphatic carbocycles.